The second-order valence-corrected chi connectivity index (χ2v) is 7.61. The summed E-state index contributed by atoms with van der Waals surface area (Å²) in [6.07, 6.45) is 6.21. The number of pyridine rings is 1. The van der Waals surface area contributed by atoms with Gasteiger partial charge in [0.05, 0.1) is 17.0 Å². The highest BCUT2D eigenvalue weighted by Gasteiger charge is 2.36. The summed E-state index contributed by atoms with van der Waals surface area (Å²) in [5, 5.41) is 4.79. The van der Waals surface area contributed by atoms with Crippen LogP contribution in [0.15, 0.2) is 30.9 Å². The van der Waals surface area contributed by atoms with Crippen LogP contribution in [0.4, 0.5) is 14.6 Å². The van der Waals surface area contributed by atoms with Crippen LogP contribution in [-0.2, 0) is 5.92 Å². The Morgan fingerprint density at radius 1 is 1.25 bits per heavy atom. The van der Waals surface area contributed by atoms with E-state index in [0.29, 0.717) is 18.1 Å². The standard InChI is InChI=1S/C19H21ClF2N6/c1-12-8-24-17-16(12)18(26-11-25-17)27-14-4-6-28(7-5-14)10-19(21,22)15-3-2-13(20)9-23-15/h2-3,8-9,11,14H,4-7,10H2,1H3,(H2,24,25,26,27). The van der Waals surface area contributed by atoms with E-state index in [4.69, 9.17) is 11.6 Å². The Morgan fingerprint density at radius 2 is 2.04 bits per heavy atom. The van der Waals surface area contributed by atoms with Crippen molar-refractivity contribution in [2.45, 2.75) is 31.7 Å². The number of likely N-dealkylation sites (tertiary alicyclic amines) is 1. The van der Waals surface area contributed by atoms with Crippen LogP contribution in [0.2, 0.25) is 5.02 Å². The van der Waals surface area contributed by atoms with Crippen LogP contribution < -0.4 is 5.32 Å². The Balaban J connectivity index is 1.37. The molecule has 9 heteroatoms. The first-order valence-corrected chi connectivity index (χ1v) is 9.57. The first kappa shape index (κ1) is 19.0. The van der Waals surface area contributed by atoms with Gasteiger partial charge >= 0.3 is 5.92 Å². The maximum absolute atomic E-state index is 14.5. The number of halogens is 3. The Hall–Kier alpha value is -2.32. The minimum Gasteiger partial charge on any atom is -0.367 e. The average Bonchev–Trinajstić information content (AvgIpc) is 3.06. The van der Waals surface area contributed by atoms with E-state index in [1.54, 1.807) is 4.90 Å². The molecule has 0 spiro atoms. The molecular weight excluding hydrogens is 386 g/mol. The molecule has 4 heterocycles. The summed E-state index contributed by atoms with van der Waals surface area (Å²) in [7, 11) is 0. The molecule has 0 radical (unpaired) electrons. The number of aryl methyl sites for hydroxylation is 1. The third-order valence-corrected chi connectivity index (χ3v) is 5.34. The van der Waals surface area contributed by atoms with E-state index in [1.165, 1.54) is 24.7 Å². The van der Waals surface area contributed by atoms with Gasteiger partial charge in [0.2, 0.25) is 0 Å². The number of hydrogen-bond donors (Lipinski definition) is 2. The molecule has 1 aliphatic heterocycles. The number of anilines is 1. The van der Waals surface area contributed by atoms with Gasteiger partial charge in [-0.3, -0.25) is 9.88 Å². The summed E-state index contributed by atoms with van der Waals surface area (Å²) in [5.41, 5.74) is 1.62. The number of hydrogen-bond acceptors (Lipinski definition) is 5. The zero-order chi connectivity index (χ0) is 19.7. The summed E-state index contributed by atoms with van der Waals surface area (Å²) in [4.78, 5) is 17.3. The molecule has 0 atom stereocenters. The largest absolute Gasteiger partial charge is 0.367 e. The topological polar surface area (TPSA) is 69.7 Å². The highest BCUT2D eigenvalue weighted by molar-refractivity contribution is 6.30. The molecule has 28 heavy (non-hydrogen) atoms. The molecule has 6 nitrogen and oxygen atoms in total. The lowest BCUT2D eigenvalue weighted by atomic mass is 10.0. The van der Waals surface area contributed by atoms with Crippen molar-refractivity contribution < 1.29 is 8.78 Å². The summed E-state index contributed by atoms with van der Waals surface area (Å²) < 4.78 is 29.0. The van der Waals surface area contributed by atoms with Gasteiger partial charge in [-0.15, -0.1) is 0 Å². The number of fused-ring (bicyclic) bond motifs is 1. The summed E-state index contributed by atoms with van der Waals surface area (Å²) in [6, 6.07) is 2.92. The quantitative estimate of drug-likeness (QED) is 0.670. The highest BCUT2D eigenvalue weighted by Crippen LogP contribution is 2.30. The molecule has 0 aliphatic carbocycles. The molecule has 1 fully saturated rings. The number of nitrogens with zero attached hydrogens (tertiary/aromatic N) is 4. The zero-order valence-electron chi connectivity index (χ0n) is 15.4. The summed E-state index contributed by atoms with van der Waals surface area (Å²) in [5.74, 6) is -2.22. The van der Waals surface area contributed by atoms with Gasteiger partial charge in [-0.25, -0.2) is 9.97 Å². The third kappa shape index (κ3) is 3.93. The van der Waals surface area contributed by atoms with Crippen molar-refractivity contribution in [1.82, 2.24) is 24.8 Å². The van der Waals surface area contributed by atoms with Crippen LogP contribution >= 0.6 is 11.6 Å². The summed E-state index contributed by atoms with van der Waals surface area (Å²) in [6.45, 7) is 2.83. The number of aromatic nitrogens is 4. The molecule has 0 bridgehead atoms. The maximum atomic E-state index is 14.5. The van der Waals surface area contributed by atoms with Crippen molar-refractivity contribution >= 4 is 28.5 Å². The molecular formula is C19H21ClF2N6. The number of nitrogens with one attached hydrogen (secondary N) is 2. The fourth-order valence-corrected chi connectivity index (χ4v) is 3.72. The number of rotatable bonds is 5. The van der Waals surface area contributed by atoms with Gasteiger partial charge in [0.25, 0.3) is 0 Å². The van der Waals surface area contributed by atoms with E-state index in [2.05, 4.69) is 25.3 Å². The van der Waals surface area contributed by atoms with Crippen LogP contribution in [0.25, 0.3) is 11.0 Å². The molecule has 0 aromatic carbocycles. The fourth-order valence-electron chi connectivity index (χ4n) is 3.61. The smallest absolute Gasteiger partial charge is 0.302 e. The summed E-state index contributed by atoms with van der Waals surface area (Å²) >= 11 is 5.74. The monoisotopic (exact) mass is 406 g/mol. The van der Waals surface area contributed by atoms with Crippen molar-refractivity contribution in [3.63, 3.8) is 0 Å². The van der Waals surface area contributed by atoms with E-state index in [0.717, 1.165) is 35.3 Å². The van der Waals surface area contributed by atoms with E-state index < -0.39 is 5.92 Å². The van der Waals surface area contributed by atoms with Crippen molar-refractivity contribution in [3.05, 3.63) is 47.1 Å². The first-order chi connectivity index (χ1) is 13.4. The van der Waals surface area contributed by atoms with E-state index in [1.807, 2.05) is 13.1 Å². The van der Waals surface area contributed by atoms with Crippen LogP contribution in [-0.4, -0.2) is 50.5 Å². The SMILES string of the molecule is Cc1c[nH]c2ncnc(NC3CCN(CC(F)(F)c4ccc(Cl)cn4)CC3)c12. The number of alkyl halides is 2. The third-order valence-electron chi connectivity index (χ3n) is 5.12. The van der Waals surface area contributed by atoms with Crippen LogP contribution in [0, 0.1) is 6.92 Å². The molecule has 4 rings (SSSR count). The number of piperidine rings is 1. The van der Waals surface area contributed by atoms with Crippen molar-refractivity contribution in [3.8, 4) is 0 Å². The Bertz CT molecular complexity index is 951. The zero-order valence-corrected chi connectivity index (χ0v) is 16.2. The van der Waals surface area contributed by atoms with Gasteiger partial charge in [-0.1, -0.05) is 11.6 Å². The fraction of sp³-hybridized carbons (Fsp3) is 0.421. The normalized spacial score (nSPS) is 16.6. The molecule has 1 aliphatic rings. The van der Waals surface area contributed by atoms with Crippen LogP contribution in [0.1, 0.15) is 24.1 Å². The second kappa shape index (κ2) is 7.60. The molecule has 148 valence electrons. The lowest BCUT2D eigenvalue weighted by molar-refractivity contribution is -0.0457. The van der Waals surface area contributed by atoms with Gasteiger partial charge in [0, 0.05) is 31.5 Å². The van der Waals surface area contributed by atoms with E-state index >= 15 is 0 Å². The van der Waals surface area contributed by atoms with Gasteiger partial charge in [0.1, 0.15) is 23.5 Å². The van der Waals surface area contributed by atoms with E-state index in [-0.39, 0.29) is 18.3 Å². The Morgan fingerprint density at radius 3 is 2.75 bits per heavy atom. The minimum atomic E-state index is -3.01. The Labute approximate surface area is 166 Å². The molecule has 0 saturated carbocycles. The molecule has 2 N–H and O–H groups in total. The van der Waals surface area contributed by atoms with E-state index in [9.17, 15) is 8.78 Å². The van der Waals surface area contributed by atoms with Gasteiger partial charge in [0.15, 0.2) is 0 Å². The highest BCUT2D eigenvalue weighted by atomic mass is 35.5. The molecule has 3 aromatic rings. The average molecular weight is 407 g/mol. The number of H-pyrrole nitrogens is 1. The first-order valence-electron chi connectivity index (χ1n) is 9.20. The van der Waals surface area contributed by atoms with Crippen molar-refractivity contribution in [1.29, 1.82) is 0 Å². The minimum absolute atomic E-state index is 0.186. The second-order valence-electron chi connectivity index (χ2n) is 7.18. The maximum Gasteiger partial charge on any atom is 0.302 e. The van der Waals surface area contributed by atoms with Crippen LogP contribution in [0.3, 0.4) is 0 Å². The molecule has 0 amide bonds. The van der Waals surface area contributed by atoms with Gasteiger partial charge in [-0.05, 0) is 37.5 Å². The number of aromatic amines is 1. The van der Waals surface area contributed by atoms with Crippen molar-refractivity contribution in [2.24, 2.45) is 0 Å². The Kier molecular flexibility index (Phi) is 5.16. The predicted molar refractivity (Wildman–Crippen MR) is 105 cm³/mol. The van der Waals surface area contributed by atoms with Crippen molar-refractivity contribution in [2.75, 3.05) is 25.0 Å². The molecule has 0 unspecified atom stereocenters. The molecule has 3 aromatic heterocycles. The lowest BCUT2D eigenvalue weighted by Gasteiger charge is -2.34. The predicted octanol–water partition coefficient (Wildman–Crippen LogP) is 3.98. The van der Waals surface area contributed by atoms with Gasteiger partial charge < -0.3 is 10.3 Å². The molecule has 1 saturated heterocycles. The lowest BCUT2D eigenvalue weighted by Crippen LogP contribution is -2.44. The van der Waals surface area contributed by atoms with Crippen LogP contribution in [0.5, 0.6) is 0 Å². The van der Waals surface area contributed by atoms with Gasteiger partial charge in [-0.2, -0.15) is 8.78 Å².